The second-order valence-electron chi connectivity index (χ2n) is 5.20. The summed E-state index contributed by atoms with van der Waals surface area (Å²) in [6.45, 7) is 3.87. The van der Waals surface area contributed by atoms with Gasteiger partial charge in [-0.2, -0.15) is 0 Å². The van der Waals surface area contributed by atoms with Crippen molar-refractivity contribution in [2.45, 2.75) is 13.8 Å². The van der Waals surface area contributed by atoms with E-state index in [0.29, 0.717) is 10.9 Å². The minimum atomic E-state index is -0.607. The van der Waals surface area contributed by atoms with E-state index in [2.05, 4.69) is 9.97 Å². The topological polar surface area (TPSA) is 72.1 Å². The van der Waals surface area contributed by atoms with E-state index in [4.69, 9.17) is 4.74 Å². The van der Waals surface area contributed by atoms with E-state index in [9.17, 15) is 9.59 Å². The molecule has 0 atom stereocenters. The molecule has 23 heavy (non-hydrogen) atoms. The van der Waals surface area contributed by atoms with Crippen LogP contribution in [-0.2, 0) is 4.74 Å². The molecule has 5 heteroatoms. The lowest BCUT2D eigenvalue weighted by molar-refractivity contribution is 0.0524. The number of hydrogen-bond acceptors (Lipinski definition) is 4. The van der Waals surface area contributed by atoms with Gasteiger partial charge in [0.25, 0.3) is 0 Å². The Labute approximate surface area is 133 Å². The Hall–Kier alpha value is -2.95. The molecule has 116 valence electrons. The average molecular weight is 308 g/mol. The molecule has 1 aromatic carbocycles. The van der Waals surface area contributed by atoms with Crippen LogP contribution in [0.25, 0.3) is 22.0 Å². The normalized spacial score (nSPS) is 10.7. The van der Waals surface area contributed by atoms with Crippen molar-refractivity contribution in [2.24, 2.45) is 0 Å². The zero-order valence-electron chi connectivity index (χ0n) is 12.9. The Kier molecular flexibility index (Phi) is 3.93. The number of H-pyrrole nitrogens is 1. The first-order valence-corrected chi connectivity index (χ1v) is 7.35. The van der Waals surface area contributed by atoms with Gasteiger partial charge in [-0.05, 0) is 49.2 Å². The van der Waals surface area contributed by atoms with Gasteiger partial charge in [-0.1, -0.05) is 6.07 Å². The number of carbonyl (C=O) groups is 1. The number of esters is 1. The van der Waals surface area contributed by atoms with Crippen molar-refractivity contribution in [3.63, 3.8) is 0 Å². The van der Waals surface area contributed by atoms with Crippen LogP contribution in [0.5, 0.6) is 0 Å². The van der Waals surface area contributed by atoms with Crippen LogP contribution < -0.4 is 5.43 Å². The molecule has 0 unspecified atom stereocenters. The smallest absolute Gasteiger partial charge is 0.343 e. The summed E-state index contributed by atoms with van der Waals surface area (Å²) in [6.07, 6.45) is 3.16. The lowest BCUT2D eigenvalue weighted by atomic mass is 10.0. The summed E-state index contributed by atoms with van der Waals surface area (Å²) in [6, 6.07) is 9.37. The first-order valence-electron chi connectivity index (χ1n) is 7.35. The lowest BCUT2D eigenvalue weighted by Crippen LogP contribution is -2.18. The van der Waals surface area contributed by atoms with E-state index in [1.54, 1.807) is 19.2 Å². The second kappa shape index (κ2) is 6.04. The summed E-state index contributed by atoms with van der Waals surface area (Å²) in [5.41, 5.74) is 3.29. The predicted molar refractivity (Wildman–Crippen MR) is 88.5 cm³/mol. The largest absolute Gasteiger partial charge is 0.462 e. The summed E-state index contributed by atoms with van der Waals surface area (Å²) < 4.78 is 4.90. The second-order valence-corrected chi connectivity index (χ2v) is 5.20. The van der Waals surface area contributed by atoms with Gasteiger partial charge in [-0.15, -0.1) is 0 Å². The van der Waals surface area contributed by atoms with Gasteiger partial charge in [0.15, 0.2) is 0 Å². The Morgan fingerprint density at radius 3 is 2.74 bits per heavy atom. The zero-order chi connectivity index (χ0) is 16.4. The van der Waals surface area contributed by atoms with E-state index in [1.807, 2.05) is 31.2 Å². The average Bonchev–Trinajstić information content (AvgIpc) is 2.55. The fourth-order valence-corrected chi connectivity index (χ4v) is 2.49. The number of aryl methyl sites for hydroxylation is 1. The standard InChI is InChI=1S/C18H16N2O3/c1-3-23-18(22)15-10-20-16-9-12(4-5-14(16)17(15)21)13-6-7-19-11(2)8-13/h4-10H,3H2,1-2H3,(H,20,21). The van der Waals surface area contributed by atoms with Crippen LogP contribution in [0, 0.1) is 6.92 Å². The highest BCUT2D eigenvalue weighted by atomic mass is 16.5. The van der Waals surface area contributed by atoms with Crippen LogP contribution in [0.1, 0.15) is 23.0 Å². The minimum Gasteiger partial charge on any atom is -0.462 e. The van der Waals surface area contributed by atoms with Crippen LogP contribution in [0.4, 0.5) is 0 Å². The van der Waals surface area contributed by atoms with Gasteiger partial charge >= 0.3 is 5.97 Å². The molecule has 0 spiro atoms. The molecule has 5 nitrogen and oxygen atoms in total. The van der Waals surface area contributed by atoms with Crippen molar-refractivity contribution in [1.82, 2.24) is 9.97 Å². The van der Waals surface area contributed by atoms with E-state index in [-0.39, 0.29) is 17.6 Å². The maximum absolute atomic E-state index is 12.4. The van der Waals surface area contributed by atoms with Crippen molar-refractivity contribution in [3.8, 4) is 11.1 Å². The van der Waals surface area contributed by atoms with Crippen LogP contribution in [-0.4, -0.2) is 22.5 Å². The van der Waals surface area contributed by atoms with E-state index < -0.39 is 5.97 Å². The number of pyridine rings is 2. The van der Waals surface area contributed by atoms with Crippen LogP contribution in [0.2, 0.25) is 0 Å². The molecule has 0 saturated heterocycles. The highest BCUT2D eigenvalue weighted by Crippen LogP contribution is 2.22. The third-order valence-electron chi connectivity index (χ3n) is 3.61. The van der Waals surface area contributed by atoms with Gasteiger partial charge in [0.1, 0.15) is 5.56 Å². The third-order valence-corrected chi connectivity index (χ3v) is 3.61. The van der Waals surface area contributed by atoms with Crippen molar-refractivity contribution in [1.29, 1.82) is 0 Å². The molecule has 0 aliphatic heterocycles. The molecule has 0 saturated carbocycles. The number of aromatic amines is 1. The van der Waals surface area contributed by atoms with Crippen molar-refractivity contribution in [2.75, 3.05) is 6.61 Å². The molecule has 1 N–H and O–H groups in total. The SMILES string of the molecule is CCOC(=O)c1c[nH]c2cc(-c3ccnc(C)c3)ccc2c1=O. The van der Waals surface area contributed by atoms with Crippen molar-refractivity contribution in [3.05, 3.63) is 64.2 Å². The first kappa shape index (κ1) is 15.0. The maximum atomic E-state index is 12.4. The molecule has 0 bridgehead atoms. The minimum absolute atomic E-state index is 0.0202. The van der Waals surface area contributed by atoms with Gasteiger partial charge < -0.3 is 9.72 Å². The number of carbonyl (C=O) groups excluding carboxylic acids is 1. The zero-order valence-corrected chi connectivity index (χ0v) is 12.9. The number of rotatable bonds is 3. The summed E-state index contributed by atoms with van der Waals surface area (Å²) in [7, 11) is 0. The van der Waals surface area contributed by atoms with Gasteiger partial charge in [0.2, 0.25) is 5.43 Å². The Bertz CT molecular complexity index is 944. The van der Waals surface area contributed by atoms with Crippen LogP contribution in [0.15, 0.2) is 47.5 Å². The molecule has 3 aromatic rings. The van der Waals surface area contributed by atoms with Crippen molar-refractivity contribution >= 4 is 16.9 Å². The summed E-state index contributed by atoms with van der Waals surface area (Å²) in [5, 5.41) is 0.463. The van der Waals surface area contributed by atoms with Gasteiger partial charge in [-0.25, -0.2) is 4.79 Å². The van der Waals surface area contributed by atoms with Crippen molar-refractivity contribution < 1.29 is 9.53 Å². The van der Waals surface area contributed by atoms with Gasteiger partial charge in [-0.3, -0.25) is 9.78 Å². The summed E-state index contributed by atoms with van der Waals surface area (Å²) in [5.74, 6) is -0.607. The van der Waals surface area contributed by atoms with E-state index in [1.165, 1.54) is 6.20 Å². The number of ether oxygens (including phenoxy) is 1. The number of benzene rings is 1. The first-order chi connectivity index (χ1) is 11.1. The molecular weight excluding hydrogens is 292 g/mol. The number of aromatic nitrogens is 2. The molecule has 0 fully saturated rings. The molecule has 0 amide bonds. The fourth-order valence-electron chi connectivity index (χ4n) is 2.49. The van der Waals surface area contributed by atoms with Crippen LogP contribution >= 0.6 is 0 Å². The number of nitrogens with zero attached hydrogens (tertiary/aromatic N) is 1. The Morgan fingerprint density at radius 1 is 1.22 bits per heavy atom. The number of nitrogens with one attached hydrogen (secondary N) is 1. The van der Waals surface area contributed by atoms with Gasteiger partial charge in [0, 0.05) is 29.0 Å². The molecule has 3 rings (SSSR count). The van der Waals surface area contributed by atoms with E-state index in [0.717, 1.165) is 16.8 Å². The molecule has 2 aromatic heterocycles. The number of hydrogen-bond donors (Lipinski definition) is 1. The highest BCUT2D eigenvalue weighted by molar-refractivity contribution is 5.94. The fraction of sp³-hybridized carbons (Fsp3) is 0.167. The molecule has 2 heterocycles. The summed E-state index contributed by atoms with van der Waals surface area (Å²) >= 11 is 0. The lowest BCUT2D eigenvalue weighted by Gasteiger charge is -2.06. The molecule has 0 aliphatic rings. The highest BCUT2D eigenvalue weighted by Gasteiger charge is 2.14. The van der Waals surface area contributed by atoms with Gasteiger partial charge in [0.05, 0.1) is 6.61 Å². The molecular formula is C18H16N2O3. The third kappa shape index (κ3) is 2.85. The monoisotopic (exact) mass is 308 g/mol. The Balaban J connectivity index is 2.10. The maximum Gasteiger partial charge on any atom is 0.343 e. The quantitative estimate of drug-likeness (QED) is 0.755. The summed E-state index contributed by atoms with van der Waals surface area (Å²) in [4.78, 5) is 31.4. The van der Waals surface area contributed by atoms with E-state index >= 15 is 0 Å². The predicted octanol–water partition coefficient (Wildman–Crippen LogP) is 3.08. The van der Waals surface area contributed by atoms with Crippen LogP contribution in [0.3, 0.4) is 0 Å². The molecule has 0 radical (unpaired) electrons. The Morgan fingerprint density at radius 2 is 2.00 bits per heavy atom. The number of fused-ring (bicyclic) bond motifs is 1. The molecule has 0 aliphatic carbocycles.